The van der Waals surface area contributed by atoms with Crippen LogP contribution >= 0.6 is 15.9 Å². The molecule has 0 spiro atoms. The lowest BCUT2D eigenvalue weighted by atomic mass is 9.81. The van der Waals surface area contributed by atoms with Crippen LogP contribution in [0.5, 0.6) is 5.75 Å². The fourth-order valence-electron chi connectivity index (χ4n) is 4.46. The first-order valence-corrected chi connectivity index (χ1v) is 12.8. The molecule has 1 saturated carbocycles. The molecule has 4 rings (SSSR count). The number of imide groups is 1. The molecule has 2 aromatic rings. The minimum absolute atomic E-state index is 0.0221. The van der Waals surface area contributed by atoms with Gasteiger partial charge in [-0.05, 0) is 48.2 Å². The topological polar surface area (TPSA) is 92.8 Å². The van der Waals surface area contributed by atoms with Crippen molar-refractivity contribution in [3.05, 3.63) is 58.1 Å². The van der Waals surface area contributed by atoms with Crippen molar-refractivity contribution in [2.24, 2.45) is 11.8 Å². The number of methoxy groups -OCH3 is 1. The molecule has 2 fully saturated rings. The molecule has 2 amide bonds. The fourth-order valence-corrected chi connectivity index (χ4v) is 5.96. The van der Waals surface area contributed by atoms with Gasteiger partial charge >= 0.3 is 0 Å². The molecule has 1 aliphatic carbocycles. The van der Waals surface area contributed by atoms with Crippen LogP contribution in [0.4, 0.5) is 0 Å². The van der Waals surface area contributed by atoms with Crippen LogP contribution in [-0.2, 0) is 32.7 Å². The van der Waals surface area contributed by atoms with Gasteiger partial charge in [-0.3, -0.25) is 14.5 Å². The summed E-state index contributed by atoms with van der Waals surface area (Å²) in [5.74, 6) is -0.554. The lowest BCUT2D eigenvalue weighted by Crippen LogP contribution is -2.30. The monoisotopic (exact) mass is 520 g/mol. The average molecular weight is 521 g/mol. The van der Waals surface area contributed by atoms with Crippen molar-refractivity contribution in [1.29, 1.82) is 0 Å². The van der Waals surface area contributed by atoms with Crippen molar-refractivity contribution in [2.45, 2.75) is 43.7 Å². The Morgan fingerprint density at radius 2 is 1.59 bits per heavy atom. The minimum atomic E-state index is -3.89. The number of nitrogens with zero attached hydrogens (tertiary/aromatic N) is 1. The highest BCUT2D eigenvalue weighted by Crippen LogP contribution is 2.39. The predicted octanol–water partition coefficient (Wildman–Crippen LogP) is 3.61. The summed E-state index contributed by atoms with van der Waals surface area (Å²) in [6, 6.07) is 12.1. The molecule has 32 heavy (non-hydrogen) atoms. The number of amides is 2. The van der Waals surface area contributed by atoms with Gasteiger partial charge in [-0.1, -0.05) is 47.0 Å². The Kier molecular flexibility index (Phi) is 6.69. The van der Waals surface area contributed by atoms with Crippen molar-refractivity contribution in [3.63, 3.8) is 0 Å². The average Bonchev–Trinajstić information content (AvgIpc) is 3.04. The molecular weight excluding hydrogens is 496 g/mol. The smallest absolute Gasteiger partial charge is 0.244 e. The Balaban J connectivity index is 1.55. The van der Waals surface area contributed by atoms with Crippen LogP contribution in [-0.4, -0.2) is 32.2 Å². The van der Waals surface area contributed by atoms with Crippen LogP contribution in [0.1, 0.15) is 36.8 Å². The molecule has 2 aromatic carbocycles. The van der Waals surface area contributed by atoms with E-state index in [-0.39, 0.29) is 47.4 Å². The lowest BCUT2D eigenvalue weighted by molar-refractivity contribution is -0.140. The number of likely N-dealkylation sites (tertiary alicyclic amines) is 1. The molecule has 9 heteroatoms. The summed E-state index contributed by atoms with van der Waals surface area (Å²) in [5, 5.41) is 0. The SMILES string of the molecule is COc1ccc(CN2C(=O)C3CCCCC3C2=O)cc1S(=O)(=O)NCc1ccc(Br)cc1. The second kappa shape index (κ2) is 9.33. The first-order chi connectivity index (χ1) is 15.3. The van der Waals surface area contributed by atoms with E-state index in [0.717, 1.165) is 35.7 Å². The molecule has 1 saturated heterocycles. The second-order valence-corrected chi connectivity index (χ2v) is 10.8. The number of halogens is 1. The number of rotatable bonds is 7. The number of sulfonamides is 1. The Hall–Kier alpha value is -2.23. The minimum Gasteiger partial charge on any atom is -0.495 e. The first-order valence-electron chi connectivity index (χ1n) is 10.6. The molecule has 0 aromatic heterocycles. The highest BCUT2D eigenvalue weighted by molar-refractivity contribution is 9.10. The van der Waals surface area contributed by atoms with Gasteiger partial charge in [-0.25, -0.2) is 13.1 Å². The molecule has 2 atom stereocenters. The Morgan fingerprint density at radius 1 is 1.00 bits per heavy atom. The Morgan fingerprint density at radius 3 is 2.19 bits per heavy atom. The van der Waals surface area contributed by atoms with Crippen molar-refractivity contribution in [1.82, 2.24) is 9.62 Å². The fraction of sp³-hybridized carbons (Fsp3) is 0.391. The molecule has 2 unspecified atom stereocenters. The van der Waals surface area contributed by atoms with Crippen molar-refractivity contribution < 1.29 is 22.7 Å². The van der Waals surface area contributed by atoms with Crippen LogP contribution in [0.2, 0.25) is 0 Å². The van der Waals surface area contributed by atoms with Gasteiger partial charge < -0.3 is 4.74 Å². The highest BCUT2D eigenvalue weighted by Gasteiger charge is 2.47. The summed E-state index contributed by atoms with van der Waals surface area (Å²) in [5.41, 5.74) is 1.37. The number of ether oxygens (including phenoxy) is 1. The maximum atomic E-state index is 13.0. The summed E-state index contributed by atoms with van der Waals surface area (Å²) in [7, 11) is -2.49. The largest absolute Gasteiger partial charge is 0.495 e. The standard InChI is InChI=1S/C23H25BrN2O5S/c1-31-20-11-8-16(14-26-22(27)18-4-2-3-5-19(18)23(26)28)12-21(20)32(29,30)25-13-15-6-9-17(24)10-7-15/h6-12,18-19,25H,2-5,13-14H2,1H3. The van der Waals surface area contributed by atoms with E-state index in [1.165, 1.54) is 18.1 Å². The van der Waals surface area contributed by atoms with Crippen LogP contribution in [0, 0.1) is 11.8 Å². The van der Waals surface area contributed by atoms with Crippen LogP contribution < -0.4 is 9.46 Å². The van der Waals surface area contributed by atoms with Gasteiger partial charge in [0.1, 0.15) is 10.6 Å². The molecule has 0 radical (unpaired) electrons. The van der Waals surface area contributed by atoms with Crippen molar-refractivity contribution >= 4 is 37.8 Å². The summed E-state index contributed by atoms with van der Waals surface area (Å²) in [4.78, 5) is 26.8. The van der Waals surface area contributed by atoms with Crippen LogP contribution in [0.15, 0.2) is 51.8 Å². The molecule has 2 aliphatic rings. The van der Waals surface area contributed by atoms with E-state index in [2.05, 4.69) is 20.7 Å². The van der Waals surface area contributed by atoms with Crippen LogP contribution in [0.25, 0.3) is 0 Å². The molecule has 7 nitrogen and oxygen atoms in total. The van der Waals surface area contributed by atoms with E-state index in [0.29, 0.717) is 5.56 Å². The number of fused-ring (bicyclic) bond motifs is 1. The van der Waals surface area contributed by atoms with Gasteiger partial charge in [-0.15, -0.1) is 0 Å². The van der Waals surface area contributed by atoms with E-state index >= 15 is 0 Å². The van der Waals surface area contributed by atoms with Crippen molar-refractivity contribution in [2.75, 3.05) is 7.11 Å². The summed E-state index contributed by atoms with van der Waals surface area (Å²) in [6.45, 7) is 0.180. The van der Waals surface area contributed by atoms with Gasteiger partial charge in [-0.2, -0.15) is 0 Å². The maximum Gasteiger partial charge on any atom is 0.244 e. The maximum absolute atomic E-state index is 13.0. The number of nitrogens with one attached hydrogen (secondary N) is 1. The quantitative estimate of drug-likeness (QED) is 0.562. The normalized spacial score (nSPS) is 21.0. The number of hydrogen-bond acceptors (Lipinski definition) is 5. The highest BCUT2D eigenvalue weighted by atomic mass is 79.9. The van der Waals surface area contributed by atoms with E-state index in [9.17, 15) is 18.0 Å². The number of carbonyl (C=O) groups excluding carboxylic acids is 2. The van der Waals surface area contributed by atoms with Gasteiger partial charge in [0.2, 0.25) is 21.8 Å². The van der Waals surface area contributed by atoms with Gasteiger partial charge in [0.25, 0.3) is 0 Å². The molecule has 1 N–H and O–H groups in total. The Labute approximate surface area is 196 Å². The summed E-state index contributed by atoms with van der Waals surface area (Å²) < 4.78 is 34.8. The van der Waals surface area contributed by atoms with Gasteiger partial charge in [0.15, 0.2) is 0 Å². The van der Waals surface area contributed by atoms with E-state index in [1.54, 1.807) is 12.1 Å². The van der Waals surface area contributed by atoms with Gasteiger partial charge in [0.05, 0.1) is 25.5 Å². The number of hydrogen-bond donors (Lipinski definition) is 1. The van der Waals surface area contributed by atoms with Gasteiger partial charge in [0, 0.05) is 11.0 Å². The zero-order valence-corrected chi connectivity index (χ0v) is 20.1. The Bertz CT molecular complexity index is 1110. The third kappa shape index (κ3) is 4.60. The van der Waals surface area contributed by atoms with E-state index in [1.807, 2.05) is 24.3 Å². The predicted molar refractivity (Wildman–Crippen MR) is 122 cm³/mol. The molecule has 1 aliphatic heterocycles. The first kappa shape index (κ1) is 22.9. The summed E-state index contributed by atoms with van der Waals surface area (Å²) in [6.07, 6.45) is 3.41. The molecular formula is C23H25BrN2O5S. The molecule has 1 heterocycles. The molecule has 0 bridgehead atoms. The number of carbonyl (C=O) groups is 2. The number of benzene rings is 2. The van der Waals surface area contributed by atoms with E-state index in [4.69, 9.17) is 4.74 Å². The van der Waals surface area contributed by atoms with Crippen molar-refractivity contribution in [3.8, 4) is 5.75 Å². The van der Waals surface area contributed by atoms with Crippen LogP contribution in [0.3, 0.4) is 0 Å². The zero-order valence-electron chi connectivity index (χ0n) is 17.7. The zero-order chi connectivity index (χ0) is 22.9. The van der Waals surface area contributed by atoms with E-state index < -0.39 is 10.0 Å². The lowest BCUT2D eigenvalue weighted by Gasteiger charge is -2.19. The third-order valence-electron chi connectivity index (χ3n) is 6.17. The third-order valence-corrected chi connectivity index (χ3v) is 8.12. The second-order valence-electron chi connectivity index (χ2n) is 8.20. The molecule has 170 valence electrons. The summed E-state index contributed by atoms with van der Waals surface area (Å²) >= 11 is 3.36.